The van der Waals surface area contributed by atoms with Gasteiger partial charge < -0.3 is 11.3 Å². The van der Waals surface area contributed by atoms with Gasteiger partial charge in [-0.3, -0.25) is 0 Å². The molecule has 0 fully saturated rings. The van der Waals surface area contributed by atoms with Crippen molar-refractivity contribution in [3.05, 3.63) is 57.7 Å². The second-order valence-electron chi connectivity index (χ2n) is 3.55. The Hall–Kier alpha value is -1.64. The summed E-state index contributed by atoms with van der Waals surface area (Å²) >= 11 is 3.38. The van der Waals surface area contributed by atoms with Gasteiger partial charge in [-0.25, -0.2) is 0 Å². The third-order valence-electron chi connectivity index (χ3n) is 2.42. The maximum atomic E-state index is 8.95. The zero-order valence-electron chi connectivity index (χ0n) is 8.52. The van der Waals surface area contributed by atoms with Gasteiger partial charge in [-0.15, -0.1) is 0 Å². The quantitative estimate of drug-likeness (QED) is 0.622. The van der Waals surface area contributed by atoms with Crippen molar-refractivity contribution >= 4 is 27.2 Å². The van der Waals surface area contributed by atoms with Gasteiger partial charge in [0, 0.05) is 10.2 Å². The number of allylic oxidation sites excluding steroid dienone is 4. The molecule has 3 nitrogen and oxygen atoms in total. The van der Waals surface area contributed by atoms with Crippen LogP contribution in [0.15, 0.2) is 46.6 Å². The van der Waals surface area contributed by atoms with Gasteiger partial charge in [0.2, 0.25) is 0 Å². The van der Waals surface area contributed by atoms with Gasteiger partial charge >= 0.3 is 5.71 Å². The van der Waals surface area contributed by atoms with Crippen LogP contribution in [0.25, 0.3) is 11.1 Å². The SMILES string of the molecule is [N-]=[N+]=C1CC(N)=CC=C1c1ccc(Br)cc1. The van der Waals surface area contributed by atoms with Gasteiger partial charge in [-0.2, -0.15) is 4.79 Å². The highest BCUT2D eigenvalue weighted by atomic mass is 79.9. The Bertz CT molecular complexity index is 520. The third kappa shape index (κ3) is 2.13. The van der Waals surface area contributed by atoms with Crippen molar-refractivity contribution in [2.24, 2.45) is 5.73 Å². The average Bonchev–Trinajstić information content (AvgIpc) is 2.30. The van der Waals surface area contributed by atoms with E-state index in [-0.39, 0.29) is 0 Å². The van der Waals surface area contributed by atoms with Crippen molar-refractivity contribution in [3.8, 4) is 0 Å². The summed E-state index contributed by atoms with van der Waals surface area (Å²) < 4.78 is 1.02. The fourth-order valence-electron chi connectivity index (χ4n) is 1.62. The van der Waals surface area contributed by atoms with Crippen molar-refractivity contribution in [3.63, 3.8) is 0 Å². The van der Waals surface area contributed by atoms with Crippen molar-refractivity contribution < 1.29 is 4.79 Å². The van der Waals surface area contributed by atoms with Crippen molar-refractivity contribution in [1.29, 1.82) is 0 Å². The highest BCUT2D eigenvalue weighted by Gasteiger charge is 2.20. The average molecular weight is 276 g/mol. The van der Waals surface area contributed by atoms with Crippen LogP contribution in [0.2, 0.25) is 0 Å². The lowest BCUT2D eigenvalue weighted by atomic mass is 9.94. The van der Waals surface area contributed by atoms with E-state index in [2.05, 4.69) is 20.7 Å². The number of nitrogens with zero attached hydrogens (tertiary/aromatic N) is 2. The number of halogens is 1. The van der Waals surface area contributed by atoms with Gasteiger partial charge in [0.1, 0.15) is 0 Å². The molecule has 2 N–H and O–H groups in total. The molecule has 4 heteroatoms. The lowest BCUT2D eigenvalue weighted by Crippen LogP contribution is -2.13. The Morgan fingerprint density at radius 2 is 1.88 bits per heavy atom. The van der Waals surface area contributed by atoms with E-state index in [0.717, 1.165) is 15.6 Å². The first kappa shape index (κ1) is 10.9. The number of benzene rings is 1. The van der Waals surface area contributed by atoms with Crippen LogP contribution < -0.4 is 5.73 Å². The molecule has 0 saturated carbocycles. The minimum absolute atomic E-state index is 0.485. The second-order valence-corrected chi connectivity index (χ2v) is 4.47. The van der Waals surface area contributed by atoms with Crippen LogP contribution in [0.3, 0.4) is 0 Å². The normalized spacial score (nSPS) is 15.2. The predicted molar refractivity (Wildman–Crippen MR) is 67.6 cm³/mol. The van der Waals surface area contributed by atoms with Gasteiger partial charge in [-0.1, -0.05) is 28.1 Å². The molecule has 1 aliphatic rings. The molecule has 1 aliphatic carbocycles. The molecule has 1 aromatic rings. The molecule has 0 saturated heterocycles. The molecule has 0 radical (unpaired) electrons. The number of hydrogen-bond acceptors (Lipinski definition) is 1. The van der Waals surface area contributed by atoms with E-state index in [0.29, 0.717) is 17.8 Å². The maximum Gasteiger partial charge on any atom is 0.305 e. The molecule has 0 aromatic heterocycles. The molecule has 0 heterocycles. The first-order chi connectivity index (χ1) is 7.70. The summed E-state index contributed by atoms with van der Waals surface area (Å²) in [7, 11) is 0. The minimum Gasteiger partial charge on any atom is -0.402 e. The first-order valence-corrected chi connectivity index (χ1v) is 5.63. The lowest BCUT2D eigenvalue weighted by Gasteiger charge is -2.08. The first-order valence-electron chi connectivity index (χ1n) is 4.84. The molecule has 0 spiro atoms. The molecule has 16 heavy (non-hydrogen) atoms. The van der Waals surface area contributed by atoms with Gasteiger partial charge in [0.15, 0.2) is 0 Å². The molecule has 80 valence electrons. The highest BCUT2D eigenvalue weighted by Crippen LogP contribution is 2.23. The summed E-state index contributed by atoms with van der Waals surface area (Å²) in [5.74, 6) is 0. The smallest absolute Gasteiger partial charge is 0.305 e. The number of rotatable bonds is 1. The molecule has 1 aromatic carbocycles. The van der Waals surface area contributed by atoms with Crippen molar-refractivity contribution in [2.45, 2.75) is 6.42 Å². The molecule has 0 atom stereocenters. The summed E-state index contributed by atoms with van der Waals surface area (Å²) in [5, 5.41) is 0. The zero-order chi connectivity index (χ0) is 11.5. The van der Waals surface area contributed by atoms with Crippen LogP contribution in [0.5, 0.6) is 0 Å². The lowest BCUT2D eigenvalue weighted by molar-refractivity contribution is -0.00469. The Morgan fingerprint density at radius 1 is 1.19 bits per heavy atom. The summed E-state index contributed by atoms with van der Waals surface area (Å²) in [4.78, 5) is 3.29. The van der Waals surface area contributed by atoms with E-state index in [1.807, 2.05) is 36.4 Å². The monoisotopic (exact) mass is 275 g/mol. The highest BCUT2D eigenvalue weighted by molar-refractivity contribution is 9.10. The van der Waals surface area contributed by atoms with Crippen LogP contribution in [0.4, 0.5) is 0 Å². The summed E-state index contributed by atoms with van der Waals surface area (Å²) in [6, 6.07) is 7.84. The summed E-state index contributed by atoms with van der Waals surface area (Å²) in [6.07, 6.45) is 4.20. The van der Waals surface area contributed by atoms with Crippen LogP contribution >= 0.6 is 15.9 Å². The summed E-state index contributed by atoms with van der Waals surface area (Å²) in [6.45, 7) is 0. The number of hydrogen-bond donors (Lipinski definition) is 1. The topological polar surface area (TPSA) is 62.4 Å². The van der Waals surface area contributed by atoms with E-state index in [1.165, 1.54) is 0 Å². The van der Waals surface area contributed by atoms with E-state index >= 15 is 0 Å². The summed E-state index contributed by atoms with van der Waals surface area (Å²) in [5.41, 5.74) is 17.9. The largest absolute Gasteiger partial charge is 0.402 e. The van der Waals surface area contributed by atoms with Gasteiger partial charge in [-0.05, 0) is 29.8 Å². The van der Waals surface area contributed by atoms with Crippen LogP contribution in [0.1, 0.15) is 12.0 Å². The van der Waals surface area contributed by atoms with E-state index in [1.54, 1.807) is 0 Å². The standard InChI is InChI=1S/C12H10BrN3/c13-9-3-1-8(2-4-9)11-6-5-10(14)7-12(11)16-15/h1-6H,7,14H2. The third-order valence-corrected chi connectivity index (χ3v) is 2.95. The molecular formula is C12H10BrN3. The number of nitrogens with two attached hydrogens (primary N) is 1. The Labute approximate surface area is 102 Å². The molecule has 0 amide bonds. The fraction of sp³-hybridized carbons (Fsp3) is 0.0833. The minimum atomic E-state index is 0.485. The fourth-order valence-corrected chi connectivity index (χ4v) is 1.88. The molecular weight excluding hydrogens is 266 g/mol. The van der Waals surface area contributed by atoms with Crippen molar-refractivity contribution in [2.75, 3.05) is 0 Å². The maximum absolute atomic E-state index is 8.95. The molecule has 0 unspecified atom stereocenters. The van der Waals surface area contributed by atoms with Crippen LogP contribution in [-0.2, 0) is 0 Å². The molecule has 0 aliphatic heterocycles. The Kier molecular flexibility index (Phi) is 3.04. The second kappa shape index (κ2) is 4.47. The van der Waals surface area contributed by atoms with E-state index in [9.17, 15) is 0 Å². The zero-order valence-corrected chi connectivity index (χ0v) is 10.1. The van der Waals surface area contributed by atoms with Crippen LogP contribution in [0, 0.1) is 0 Å². The van der Waals surface area contributed by atoms with E-state index < -0.39 is 0 Å². The van der Waals surface area contributed by atoms with Gasteiger partial charge in [0.05, 0.1) is 12.0 Å². The van der Waals surface area contributed by atoms with E-state index in [4.69, 9.17) is 11.3 Å². The molecule has 2 rings (SSSR count). The Balaban J connectivity index is 2.47. The van der Waals surface area contributed by atoms with Gasteiger partial charge in [0.25, 0.3) is 0 Å². The molecule has 0 bridgehead atoms. The predicted octanol–water partition coefficient (Wildman–Crippen LogP) is 2.75. The van der Waals surface area contributed by atoms with Crippen LogP contribution in [-0.4, -0.2) is 10.5 Å². The Morgan fingerprint density at radius 3 is 2.50 bits per heavy atom. The van der Waals surface area contributed by atoms with Crippen molar-refractivity contribution in [1.82, 2.24) is 0 Å².